The van der Waals surface area contributed by atoms with Crippen molar-refractivity contribution >= 4 is 5.69 Å². The van der Waals surface area contributed by atoms with Crippen LogP contribution in [0.2, 0.25) is 0 Å². The number of aliphatic hydroxyl groups is 1. The van der Waals surface area contributed by atoms with Gasteiger partial charge in [-0.05, 0) is 36.7 Å². The molecule has 1 rings (SSSR count). The van der Waals surface area contributed by atoms with Gasteiger partial charge in [0, 0.05) is 19.1 Å². The van der Waals surface area contributed by atoms with Gasteiger partial charge < -0.3 is 5.11 Å². The first-order valence-corrected chi connectivity index (χ1v) is 6.09. The van der Waals surface area contributed by atoms with Gasteiger partial charge in [-0.25, -0.2) is 0 Å². The molecular weight excluding hydrogens is 242 g/mol. The Morgan fingerprint density at radius 1 is 1.16 bits per heavy atom. The van der Waals surface area contributed by atoms with Gasteiger partial charge in [0.15, 0.2) is 0 Å². The van der Waals surface area contributed by atoms with Gasteiger partial charge in [0.25, 0.3) is 5.69 Å². The normalized spacial score (nSPS) is 8.89. The van der Waals surface area contributed by atoms with E-state index < -0.39 is 4.92 Å². The van der Waals surface area contributed by atoms with Crippen LogP contribution in [0.5, 0.6) is 0 Å². The summed E-state index contributed by atoms with van der Waals surface area (Å²) < 4.78 is 0. The Balaban J connectivity index is 2.55. The van der Waals surface area contributed by atoms with Crippen molar-refractivity contribution in [3.8, 4) is 23.7 Å². The summed E-state index contributed by atoms with van der Waals surface area (Å²) >= 11 is 0. The zero-order valence-electron chi connectivity index (χ0n) is 10.6. The number of nitro benzene ring substituents is 1. The number of hydrogen-bond acceptors (Lipinski definition) is 3. The zero-order valence-corrected chi connectivity index (χ0v) is 10.6. The minimum Gasteiger partial charge on any atom is -0.396 e. The molecule has 98 valence electrons. The predicted octanol–water partition coefficient (Wildman–Crippen LogP) is 2.50. The molecule has 0 saturated carbocycles. The summed E-state index contributed by atoms with van der Waals surface area (Å²) in [6, 6.07) is 6.34. The number of hydrogen-bond donors (Lipinski definition) is 1. The lowest BCUT2D eigenvalue weighted by Crippen LogP contribution is -1.90. The highest BCUT2D eigenvalue weighted by Crippen LogP contribution is 2.15. The van der Waals surface area contributed by atoms with E-state index in [0.717, 1.165) is 25.7 Å². The molecule has 0 aromatic heterocycles. The van der Waals surface area contributed by atoms with Crippen molar-refractivity contribution < 1.29 is 10.0 Å². The van der Waals surface area contributed by atoms with Crippen LogP contribution in [0.25, 0.3) is 0 Å². The molecule has 4 nitrogen and oxygen atoms in total. The molecule has 0 amide bonds. The van der Waals surface area contributed by atoms with Crippen molar-refractivity contribution in [2.24, 2.45) is 0 Å². The van der Waals surface area contributed by atoms with Crippen molar-refractivity contribution in [2.45, 2.75) is 25.7 Å². The largest absolute Gasteiger partial charge is 0.396 e. The summed E-state index contributed by atoms with van der Waals surface area (Å²) in [4.78, 5) is 10.3. The number of rotatable bonds is 5. The standard InChI is InChI=1S/C15H15NO3/c17-13-9-5-3-1-2-4-6-10-14-11-7-8-12-15(14)16(18)19/h7-8,11-12,17H,1,3,5,9,13H2. The smallest absolute Gasteiger partial charge is 0.284 e. The van der Waals surface area contributed by atoms with Crippen molar-refractivity contribution in [1.82, 2.24) is 0 Å². The molecule has 1 aromatic carbocycles. The molecule has 0 aliphatic heterocycles. The van der Waals surface area contributed by atoms with Crippen LogP contribution < -0.4 is 0 Å². The fourth-order valence-corrected chi connectivity index (χ4v) is 1.45. The molecule has 0 radical (unpaired) electrons. The van der Waals surface area contributed by atoms with Crippen molar-refractivity contribution in [1.29, 1.82) is 0 Å². The summed E-state index contributed by atoms with van der Waals surface area (Å²) in [5.74, 6) is 10.9. The molecule has 1 aromatic rings. The van der Waals surface area contributed by atoms with E-state index in [-0.39, 0.29) is 12.3 Å². The van der Waals surface area contributed by atoms with Crippen LogP contribution in [0.1, 0.15) is 31.2 Å². The number of para-hydroxylation sites is 1. The van der Waals surface area contributed by atoms with Crippen molar-refractivity contribution in [3.05, 3.63) is 39.9 Å². The van der Waals surface area contributed by atoms with Gasteiger partial charge in [0.2, 0.25) is 0 Å². The summed E-state index contributed by atoms with van der Waals surface area (Å²) in [5, 5.41) is 19.3. The van der Waals surface area contributed by atoms with Gasteiger partial charge in [-0.15, -0.1) is 0 Å². The summed E-state index contributed by atoms with van der Waals surface area (Å²) in [6.07, 6.45) is 3.40. The van der Waals surface area contributed by atoms with Crippen molar-refractivity contribution in [2.75, 3.05) is 6.61 Å². The molecule has 0 unspecified atom stereocenters. The summed E-state index contributed by atoms with van der Waals surface area (Å²) in [6.45, 7) is 0.213. The molecule has 19 heavy (non-hydrogen) atoms. The first-order valence-electron chi connectivity index (χ1n) is 6.09. The Labute approximate surface area is 112 Å². The maximum Gasteiger partial charge on any atom is 0.284 e. The minimum absolute atomic E-state index is 0.000235. The van der Waals surface area contributed by atoms with E-state index in [1.807, 2.05) is 0 Å². The quantitative estimate of drug-likeness (QED) is 0.381. The molecule has 0 bridgehead atoms. The van der Waals surface area contributed by atoms with E-state index in [2.05, 4.69) is 23.7 Å². The summed E-state index contributed by atoms with van der Waals surface area (Å²) in [7, 11) is 0. The zero-order chi connectivity index (χ0) is 13.9. The highest BCUT2D eigenvalue weighted by molar-refractivity contribution is 5.52. The van der Waals surface area contributed by atoms with Gasteiger partial charge in [-0.1, -0.05) is 24.5 Å². The maximum absolute atomic E-state index is 10.7. The monoisotopic (exact) mass is 257 g/mol. The topological polar surface area (TPSA) is 63.4 Å². The average molecular weight is 257 g/mol. The van der Waals surface area contributed by atoms with Crippen LogP contribution in [0.3, 0.4) is 0 Å². The molecule has 0 heterocycles. The average Bonchev–Trinajstić information content (AvgIpc) is 2.42. The number of aliphatic hydroxyl groups excluding tert-OH is 1. The lowest BCUT2D eigenvalue weighted by molar-refractivity contribution is -0.385. The Kier molecular flexibility index (Phi) is 6.79. The molecule has 0 fully saturated rings. The molecular formula is C15H15NO3. The molecule has 0 aliphatic rings. The lowest BCUT2D eigenvalue weighted by atomic mass is 10.2. The van der Waals surface area contributed by atoms with Crippen molar-refractivity contribution in [3.63, 3.8) is 0 Å². The Bertz CT molecular complexity index is 544. The van der Waals surface area contributed by atoms with Gasteiger partial charge in [0.05, 0.1) is 4.92 Å². The number of unbranched alkanes of at least 4 members (excludes halogenated alkanes) is 3. The van der Waals surface area contributed by atoms with Gasteiger partial charge >= 0.3 is 0 Å². The van der Waals surface area contributed by atoms with E-state index in [0.29, 0.717) is 5.56 Å². The van der Waals surface area contributed by atoms with Crippen LogP contribution >= 0.6 is 0 Å². The van der Waals surface area contributed by atoms with Crippen LogP contribution in [0.4, 0.5) is 5.69 Å². The highest BCUT2D eigenvalue weighted by atomic mass is 16.6. The maximum atomic E-state index is 10.7. The first kappa shape index (κ1) is 14.8. The van der Waals surface area contributed by atoms with Crippen LogP contribution in [0, 0.1) is 33.8 Å². The van der Waals surface area contributed by atoms with E-state index in [4.69, 9.17) is 5.11 Å². The van der Waals surface area contributed by atoms with Crippen LogP contribution in [0.15, 0.2) is 24.3 Å². The van der Waals surface area contributed by atoms with Crippen LogP contribution in [-0.2, 0) is 0 Å². The minimum atomic E-state index is -0.452. The van der Waals surface area contributed by atoms with Gasteiger partial charge in [0.1, 0.15) is 5.56 Å². The Hall–Kier alpha value is -2.30. The SMILES string of the molecule is O=[N+]([O-])c1ccccc1C#CC#CCCCCCO. The third-order valence-electron chi connectivity index (χ3n) is 2.41. The summed E-state index contributed by atoms with van der Waals surface area (Å²) in [5.41, 5.74) is 0.377. The highest BCUT2D eigenvalue weighted by Gasteiger charge is 2.09. The fourth-order valence-electron chi connectivity index (χ4n) is 1.45. The number of benzene rings is 1. The number of nitrogens with zero attached hydrogens (tertiary/aromatic N) is 1. The second kappa shape index (κ2) is 8.74. The van der Waals surface area contributed by atoms with E-state index in [9.17, 15) is 10.1 Å². The second-order valence-electron chi connectivity index (χ2n) is 3.86. The Morgan fingerprint density at radius 2 is 1.95 bits per heavy atom. The molecule has 0 atom stereocenters. The third kappa shape index (κ3) is 5.72. The Morgan fingerprint density at radius 3 is 2.68 bits per heavy atom. The predicted molar refractivity (Wildman–Crippen MR) is 73.3 cm³/mol. The molecule has 1 N–H and O–H groups in total. The fraction of sp³-hybridized carbons (Fsp3) is 0.333. The number of nitro groups is 1. The van der Waals surface area contributed by atoms with E-state index >= 15 is 0 Å². The van der Waals surface area contributed by atoms with Crippen LogP contribution in [-0.4, -0.2) is 16.6 Å². The lowest BCUT2D eigenvalue weighted by Gasteiger charge is -1.92. The second-order valence-corrected chi connectivity index (χ2v) is 3.86. The van der Waals surface area contributed by atoms with E-state index in [1.165, 1.54) is 6.07 Å². The molecule has 0 saturated heterocycles. The molecule has 0 aliphatic carbocycles. The van der Waals surface area contributed by atoms with Gasteiger partial charge in [-0.2, -0.15) is 0 Å². The third-order valence-corrected chi connectivity index (χ3v) is 2.41. The van der Waals surface area contributed by atoms with Gasteiger partial charge in [-0.3, -0.25) is 10.1 Å². The molecule has 0 spiro atoms. The van der Waals surface area contributed by atoms with E-state index in [1.54, 1.807) is 18.2 Å². The molecule has 4 heteroatoms. The first-order chi connectivity index (χ1) is 9.25.